The summed E-state index contributed by atoms with van der Waals surface area (Å²) in [6.07, 6.45) is 1.41. The largest absolute Gasteiger partial charge is 0.355 e. The fraction of sp³-hybridized carbons (Fsp3) is 0.167. The van der Waals surface area contributed by atoms with Gasteiger partial charge in [-0.3, -0.25) is 9.59 Å². The first-order valence-electron chi connectivity index (χ1n) is 7.84. The summed E-state index contributed by atoms with van der Waals surface area (Å²) in [7, 11) is 0. The van der Waals surface area contributed by atoms with Crippen LogP contribution < -0.4 is 16.1 Å². The Hall–Kier alpha value is -2.57. The first-order chi connectivity index (χ1) is 12.4. The van der Waals surface area contributed by atoms with E-state index in [4.69, 9.17) is 23.2 Å². The molecule has 2 rings (SSSR count). The number of likely N-dealkylation sites (N-methyl/N-ethyl adjacent to an activating group) is 1. The van der Waals surface area contributed by atoms with Crippen molar-refractivity contribution in [2.75, 3.05) is 11.9 Å². The molecule has 0 aliphatic rings. The molecule has 0 unspecified atom stereocenters. The summed E-state index contributed by atoms with van der Waals surface area (Å²) < 4.78 is 0. The van der Waals surface area contributed by atoms with Crippen molar-refractivity contribution in [1.29, 1.82) is 0 Å². The third-order valence-electron chi connectivity index (χ3n) is 3.40. The SMILES string of the molecule is CCNC(=O)C(=O)N/N=C\c1cc(Cl)ccc1Nc1cc(Cl)ccc1C. The quantitative estimate of drug-likeness (QED) is 0.412. The minimum absolute atomic E-state index is 0.358. The van der Waals surface area contributed by atoms with Gasteiger partial charge < -0.3 is 10.6 Å². The third-order valence-corrected chi connectivity index (χ3v) is 3.87. The van der Waals surface area contributed by atoms with E-state index in [-0.39, 0.29) is 0 Å². The van der Waals surface area contributed by atoms with Gasteiger partial charge in [0.1, 0.15) is 0 Å². The smallest absolute Gasteiger partial charge is 0.329 e. The number of carbonyl (C=O) groups is 2. The van der Waals surface area contributed by atoms with Crippen LogP contribution >= 0.6 is 23.2 Å². The van der Waals surface area contributed by atoms with Gasteiger partial charge in [0.25, 0.3) is 0 Å². The maximum atomic E-state index is 11.6. The Labute approximate surface area is 161 Å². The average Bonchev–Trinajstić information content (AvgIpc) is 2.60. The Kier molecular flexibility index (Phi) is 7.00. The first kappa shape index (κ1) is 19.8. The zero-order valence-corrected chi connectivity index (χ0v) is 15.8. The number of nitrogens with one attached hydrogen (secondary N) is 3. The fourth-order valence-corrected chi connectivity index (χ4v) is 2.43. The molecule has 2 aromatic rings. The monoisotopic (exact) mass is 392 g/mol. The van der Waals surface area contributed by atoms with Gasteiger partial charge in [0, 0.05) is 33.5 Å². The van der Waals surface area contributed by atoms with Gasteiger partial charge in [0.15, 0.2) is 0 Å². The third kappa shape index (κ3) is 5.47. The van der Waals surface area contributed by atoms with Crippen molar-refractivity contribution in [3.05, 3.63) is 57.6 Å². The van der Waals surface area contributed by atoms with Crippen LogP contribution in [0.1, 0.15) is 18.1 Å². The maximum Gasteiger partial charge on any atom is 0.329 e. The van der Waals surface area contributed by atoms with Gasteiger partial charge in [0.2, 0.25) is 0 Å². The Morgan fingerprint density at radius 2 is 1.73 bits per heavy atom. The second-order valence-electron chi connectivity index (χ2n) is 5.37. The average molecular weight is 393 g/mol. The minimum Gasteiger partial charge on any atom is -0.355 e. The topological polar surface area (TPSA) is 82.6 Å². The number of hydrazone groups is 1. The number of carbonyl (C=O) groups excluding carboxylic acids is 2. The molecule has 0 heterocycles. The van der Waals surface area contributed by atoms with Crippen LogP contribution in [0.15, 0.2) is 41.5 Å². The number of halogens is 2. The summed E-state index contributed by atoms with van der Waals surface area (Å²) in [4.78, 5) is 22.9. The lowest BCUT2D eigenvalue weighted by Crippen LogP contribution is -2.37. The summed E-state index contributed by atoms with van der Waals surface area (Å²) in [6.45, 7) is 4.03. The molecule has 0 saturated heterocycles. The molecule has 26 heavy (non-hydrogen) atoms. The predicted octanol–water partition coefficient (Wildman–Crippen LogP) is 3.63. The van der Waals surface area contributed by atoms with E-state index in [9.17, 15) is 9.59 Å². The molecule has 0 bridgehead atoms. The number of hydrogen-bond donors (Lipinski definition) is 3. The highest BCUT2D eigenvalue weighted by molar-refractivity contribution is 6.35. The Bertz CT molecular complexity index is 853. The van der Waals surface area contributed by atoms with Crippen LogP contribution in [-0.2, 0) is 9.59 Å². The fourth-order valence-electron chi connectivity index (χ4n) is 2.08. The summed E-state index contributed by atoms with van der Waals surface area (Å²) in [5, 5.41) is 10.6. The summed E-state index contributed by atoms with van der Waals surface area (Å²) in [6, 6.07) is 10.7. The van der Waals surface area contributed by atoms with Crippen molar-refractivity contribution in [3.63, 3.8) is 0 Å². The second-order valence-corrected chi connectivity index (χ2v) is 6.25. The molecule has 0 radical (unpaired) electrons. The van der Waals surface area contributed by atoms with Crippen LogP contribution in [0.5, 0.6) is 0 Å². The zero-order chi connectivity index (χ0) is 19.1. The Balaban J connectivity index is 2.19. The molecule has 2 aromatic carbocycles. The lowest BCUT2D eigenvalue weighted by molar-refractivity contribution is -0.139. The number of anilines is 2. The van der Waals surface area contributed by atoms with Gasteiger partial charge in [-0.25, -0.2) is 5.43 Å². The summed E-state index contributed by atoms with van der Waals surface area (Å²) in [5.74, 6) is -1.59. The van der Waals surface area contributed by atoms with Gasteiger partial charge in [-0.05, 0) is 49.7 Å². The van der Waals surface area contributed by atoms with Gasteiger partial charge in [-0.15, -0.1) is 0 Å². The van der Waals surface area contributed by atoms with E-state index in [0.717, 1.165) is 16.9 Å². The van der Waals surface area contributed by atoms with E-state index in [1.165, 1.54) is 6.21 Å². The molecule has 0 aliphatic heterocycles. The number of aryl methyl sites for hydroxylation is 1. The van der Waals surface area contributed by atoms with Gasteiger partial charge in [0.05, 0.1) is 6.21 Å². The highest BCUT2D eigenvalue weighted by Crippen LogP contribution is 2.27. The normalized spacial score (nSPS) is 10.6. The molecule has 3 N–H and O–H groups in total. The molecule has 0 aromatic heterocycles. The standard InChI is InChI=1S/C18H18Cl2N4O2/c1-3-21-17(25)18(26)24-22-10-12-8-13(19)6-7-15(12)23-16-9-14(20)5-4-11(16)2/h4-10,23H,3H2,1-2H3,(H,21,25)(H,24,26)/b22-10-. The molecule has 0 fully saturated rings. The molecular formula is C18H18Cl2N4O2. The minimum atomic E-state index is -0.842. The van der Waals surface area contributed by atoms with E-state index >= 15 is 0 Å². The van der Waals surface area contributed by atoms with Crippen LogP contribution in [-0.4, -0.2) is 24.6 Å². The molecule has 6 nitrogen and oxygen atoms in total. The van der Waals surface area contributed by atoms with Crippen LogP contribution in [0.25, 0.3) is 0 Å². The zero-order valence-electron chi connectivity index (χ0n) is 14.3. The summed E-state index contributed by atoms with van der Waals surface area (Å²) in [5.41, 5.74) is 5.37. The predicted molar refractivity (Wildman–Crippen MR) is 105 cm³/mol. The lowest BCUT2D eigenvalue weighted by atomic mass is 10.1. The molecular weight excluding hydrogens is 375 g/mol. The van der Waals surface area contributed by atoms with Gasteiger partial charge >= 0.3 is 11.8 Å². The molecule has 0 aliphatic carbocycles. The number of hydrogen-bond acceptors (Lipinski definition) is 4. The van der Waals surface area contributed by atoms with Gasteiger partial charge in [-0.1, -0.05) is 29.3 Å². The highest BCUT2D eigenvalue weighted by atomic mass is 35.5. The number of rotatable bonds is 5. The Morgan fingerprint density at radius 1 is 1.04 bits per heavy atom. The maximum absolute atomic E-state index is 11.6. The molecule has 8 heteroatoms. The number of nitrogens with zero attached hydrogens (tertiary/aromatic N) is 1. The molecule has 0 saturated carbocycles. The number of amides is 2. The highest BCUT2D eigenvalue weighted by Gasteiger charge is 2.10. The van der Waals surface area contributed by atoms with E-state index in [0.29, 0.717) is 22.2 Å². The van der Waals surface area contributed by atoms with Crippen LogP contribution in [0.2, 0.25) is 10.0 Å². The number of benzene rings is 2. The lowest BCUT2D eigenvalue weighted by Gasteiger charge is -2.12. The second kappa shape index (κ2) is 9.22. The van der Waals surface area contributed by atoms with Crippen LogP contribution in [0, 0.1) is 6.92 Å². The van der Waals surface area contributed by atoms with Crippen molar-refractivity contribution in [1.82, 2.24) is 10.7 Å². The van der Waals surface area contributed by atoms with Crippen molar-refractivity contribution < 1.29 is 9.59 Å². The van der Waals surface area contributed by atoms with Crippen molar-refractivity contribution >= 4 is 52.6 Å². The van der Waals surface area contributed by atoms with Crippen LogP contribution in [0.3, 0.4) is 0 Å². The van der Waals surface area contributed by atoms with E-state index < -0.39 is 11.8 Å². The molecule has 0 atom stereocenters. The van der Waals surface area contributed by atoms with Crippen molar-refractivity contribution in [2.45, 2.75) is 13.8 Å². The van der Waals surface area contributed by atoms with E-state index in [1.807, 2.05) is 25.1 Å². The first-order valence-corrected chi connectivity index (χ1v) is 8.60. The van der Waals surface area contributed by atoms with E-state index in [1.54, 1.807) is 25.1 Å². The molecule has 0 spiro atoms. The molecule has 136 valence electrons. The Morgan fingerprint density at radius 3 is 2.46 bits per heavy atom. The van der Waals surface area contributed by atoms with E-state index in [2.05, 4.69) is 21.2 Å². The van der Waals surface area contributed by atoms with Crippen molar-refractivity contribution in [3.8, 4) is 0 Å². The molecule has 2 amide bonds. The van der Waals surface area contributed by atoms with Crippen LogP contribution in [0.4, 0.5) is 11.4 Å². The van der Waals surface area contributed by atoms with Gasteiger partial charge in [-0.2, -0.15) is 5.10 Å². The summed E-state index contributed by atoms with van der Waals surface area (Å²) >= 11 is 12.1. The van der Waals surface area contributed by atoms with Crippen molar-refractivity contribution in [2.24, 2.45) is 5.10 Å².